The molecule has 1 aliphatic rings. The van der Waals surface area contributed by atoms with E-state index < -0.39 is 34.0 Å². The molecule has 0 saturated heterocycles. The molecule has 0 fully saturated rings. The molecule has 1 aromatic rings. The average Bonchev–Trinajstić information content (AvgIpc) is 2.82. The van der Waals surface area contributed by atoms with Gasteiger partial charge in [-0.3, -0.25) is 14.5 Å². The van der Waals surface area contributed by atoms with Crippen molar-refractivity contribution in [2.24, 2.45) is 10.9 Å². The number of fused-ring (bicyclic) bond motifs is 1. The number of nitrogens with one attached hydrogen (secondary N) is 1. The molecule has 2 unspecified atom stereocenters. The number of aliphatic imine (C=N–C) groups is 1. The third kappa shape index (κ3) is 4.04. The Labute approximate surface area is 153 Å². The number of carbonyl (C=O) groups is 2. The Hall–Kier alpha value is -2.42. The highest BCUT2D eigenvalue weighted by Gasteiger charge is 2.33. The van der Waals surface area contributed by atoms with E-state index in [-0.39, 0.29) is 16.6 Å². The number of carbonyl (C=O) groups excluding carboxylic acids is 1. The zero-order chi connectivity index (χ0) is 19.6. The minimum absolute atomic E-state index is 0.107. The Balaban J connectivity index is 2.42. The van der Waals surface area contributed by atoms with Crippen molar-refractivity contribution in [1.82, 2.24) is 9.62 Å². The number of hydrogen-bond acceptors (Lipinski definition) is 5. The molecule has 26 heavy (non-hydrogen) atoms. The first-order valence-electron chi connectivity index (χ1n) is 8.24. The van der Waals surface area contributed by atoms with Crippen LogP contribution in [0.3, 0.4) is 0 Å². The fraction of sp³-hybridized carbons (Fsp3) is 0.471. The zero-order valence-corrected chi connectivity index (χ0v) is 15.9. The molecule has 9 heteroatoms. The van der Waals surface area contributed by atoms with Gasteiger partial charge in [-0.2, -0.15) is 0 Å². The van der Waals surface area contributed by atoms with Crippen molar-refractivity contribution in [3.8, 4) is 0 Å². The predicted octanol–water partition coefficient (Wildman–Crippen LogP) is 1.07. The lowest BCUT2D eigenvalue weighted by atomic mass is 10.0. The van der Waals surface area contributed by atoms with Crippen LogP contribution in [-0.4, -0.2) is 55.3 Å². The molecular weight excluding hydrogens is 358 g/mol. The lowest BCUT2D eigenvalue weighted by Gasteiger charge is -2.26. The summed E-state index contributed by atoms with van der Waals surface area (Å²) in [5.41, 5.74) is 0.406. The maximum Gasteiger partial charge on any atom is 0.326 e. The molecular formula is C17H23N3O5S. The fourth-order valence-corrected chi connectivity index (χ4v) is 3.87. The number of likely N-dealkylation sites (N-methyl/N-ethyl adjacent to an activating group) is 1. The summed E-state index contributed by atoms with van der Waals surface area (Å²) in [6.45, 7) is 5.23. The van der Waals surface area contributed by atoms with Gasteiger partial charge in [0.25, 0.3) is 10.0 Å². The summed E-state index contributed by atoms with van der Waals surface area (Å²) in [5.74, 6) is -1.38. The molecule has 0 aromatic heterocycles. The minimum Gasteiger partial charge on any atom is -0.480 e. The minimum atomic E-state index is -3.70. The van der Waals surface area contributed by atoms with Crippen LogP contribution < -0.4 is 4.72 Å². The number of amides is 1. The monoisotopic (exact) mass is 381 g/mol. The Bertz CT molecular complexity index is 848. The summed E-state index contributed by atoms with van der Waals surface area (Å²) < 4.78 is 26.8. The number of rotatable bonds is 6. The number of carboxylic acid groups (broad SMARTS) is 1. The first-order valence-corrected chi connectivity index (χ1v) is 9.72. The number of benzene rings is 1. The molecule has 1 heterocycles. The molecule has 142 valence electrons. The molecule has 2 rings (SSSR count). The molecule has 8 nitrogen and oxygen atoms in total. The van der Waals surface area contributed by atoms with E-state index in [0.717, 1.165) is 4.90 Å². The quantitative estimate of drug-likeness (QED) is 0.765. The van der Waals surface area contributed by atoms with Crippen LogP contribution in [0.2, 0.25) is 0 Å². The molecule has 0 bridgehead atoms. The van der Waals surface area contributed by atoms with E-state index in [1.165, 1.54) is 20.0 Å². The Morgan fingerprint density at radius 1 is 1.23 bits per heavy atom. The maximum atomic E-state index is 12.8. The molecule has 1 aliphatic heterocycles. The highest BCUT2D eigenvalue weighted by atomic mass is 32.2. The summed E-state index contributed by atoms with van der Waals surface area (Å²) in [6, 6.07) is 4.50. The molecule has 1 amide bonds. The zero-order valence-electron chi connectivity index (χ0n) is 15.1. The van der Waals surface area contributed by atoms with Gasteiger partial charge in [0.2, 0.25) is 5.91 Å². The summed E-state index contributed by atoms with van der Waals surface area (Å²) >= 11 is 0. The third-order valence-corrected chi connectivity index (χ3v) is 5.61. The van der Waals surface area contributed by atoms with Crippen LogP contribution in [0.1, 0.15) is 32.8 Å². The van der Waals surface area contributed by atoms with E-state index >= 15 is 0 Å². The van der Waals surface area contributed by atoms with Gasteiger partial charge in [-0.1, -0.05) is 26.0 Å². The van der Waals surface area contributed by atoms with E-state index in [1.807, 2.05) is 13.8 Å². The average molecular weight is 381 g/mol. The lowest BCUT2D eigenvalue weighted by Crippen LogP contribution is -2.45. The molecule has 2 atom stereocenters. The normalized spacial score (nSPS) is 18.9. The number of nitrogens with zero attached hydrogens (tertiary/aromatic N) is 2. The number of carboxylic acids is 1. The SMILES string of the molecule is CC(C)CC(N=C1NS(=O)(=O)c2ccccc21)C(=O)N(C)C(C)C(=O)O. The maximum absolute atomic E-state index is 12.8. The van der Waals surface area contributed by atoms with Crippen molar-refractivity contribution in [3.05, 3.63) is 29.8 Å². The highest BCUT2D eigenvalue weighted by molar-refractivity contribution is 7.90. The highest BCUT2D eigenvalue weighted by Crippen LogP contribution is 2.24. The second-order valence-electron chi connectivity index (χ2n) is 6.69. The fourth-order valence-electron chi connectivity index (χ4n) is 2.63. The predicted molar refractivity (Wildman–Crippen MR) is 96.4 cm³/mol. The van der Waals surface area contributed by atoms with Gasteiger partial charge in [-0.05, 0) is 31.4 Å². The number of sulfonamides is 1. The Morgan fingerprint density at radius 2 is 1.85 bits per heavy atom. The van der Waals surface area contributed by atoms with Gasteiger partial charge in [-0.25, -0.2) is 13.2 Å². The van der Waals surface area contributed by atoms with Crippen LogP contribution in [0, 0.1) is 5.92 Å². The summed E-state index contributed by atoms with van der Waals surface area (Å²) in [4.78, 5) is 29.5. The molecule has 0 radical (unpaired) electrons. The van der Waals surface area contributed by atoms with Crippen LogP contribution >= 0.6 is 0 Å². The smallest absolute Gasteiger partial charge is 0.326 e. The third-order valence-electron chi connectivity index (χ3n) is 4.21. The Kier molecular flexibility index (Phi) is 5.70. The van der Waals surface area contributed by atoms with E-state index in [1.54, 1.807) is 18.2 Å². The molecule has 2 N–H and O–H groups in total. The van der Waals surface area contributed by atoms with Gasteiger partial charge in [0.05, 0.1) is 4.90 Å². The first kappa shape index (κ1) is 19.9. The topological polar surface area (TPSA) is 116 Å². The molecule has 1 aromatic carbocycles. The summed E-state index contributed by atoms with van der Waals surface area (Å²) in [7, 11) is -2.30. The van der Waals surface area contributed by atoms with Crippen molar-refractivity contribution in [2.45, 2.75) is 44.2 Å². The van der Waals surface area contributed by atoms with Crippen LogP contribution in [-0.2, 0) is 19.6 Å². The van der Waals surface area contributed by atoms with E-state index in [9.17, 15) is 18.0 Å². The van der Waals surface area contributed by atoms with Crippen LogP contribution in [0.25, 0.3) is 0 Å². The van der Waals surface area contributed by atoms with Gasteiger partial charge < -0.3 is 10.0 Å². The van der Waals surface area contributed by atoms with Crippen molar-refractivity contribution in [2.75, 3.05) is 7.05 Å². The first-order chi connectivity index (χ1) is 12.0. The van der Waals surface area contributed by atoms with Gasteiger partial charge in [0.15, 0.2) is 0 Å². The summed E-state index contributed by atoms with van der Waals surface area (Å²) in [6.07, 6.45) is 0.364. The second kappa shape index (κ2) is 7.45. The van der Waals surface area contributed by atoms with Crippen molar-refractivity contribution in [3.63, 3.8) is 0 Å². The van der Waals surface area contributed by atoms with Crippen molar-refractivity contribution >= 4 is 27.7 Å². The van der Waals surface area contributed by atoms with Gasteiger partial charge in [0.1, 0.15) is 17.9 Å². The number of aliphatic carboxylic acids is 1. The standard InChI is InChI=1S/C17H23N3O5S/c1-10(2)9-13(16(21)20(4)11(3)17(22)23)18-15-12-7-5-6-8-14(12)26(24,25)19-15/h5-8,10-11,13H,9H2,1-4H3,(H,18,19)(H,22,23). The summed E-state index contributed by atoms with van der Waals surface area (Å²) in [5, 5.41) is 9.13. The van der Waals surface area contributed by atoms with Crippen LogP contribution in [0.5, 0.6) is 0 Å². The van der Waals surface area contributed by atoms with E-state index in [4.69, 9.17) is 5.11 Å². The van der Waals surface area contributed by atoms with Gasteiger partial charge in [-0.15, -0.1) is 0 Å². The van der Waals surface area contributed by atoms with E-state index in [0.29, 0.717) is 12.0 Å². The van der Waals surface area contributed by atoms with Crippen LogP contribution in [0.4, 0.5) is 0 Å². The Morgan fingerprint density at radius 3 is 2.42 bits per heavy atom. The number of amidine groups is 1. The largest absolute Gasteiger partial charge is 0.480 e. The van der Waals surface area contributed by atoms with E-state index in [2.05, 4.69) is 9.71 Å². The second-order valence-corrected chi connectivity index (χ2v) is 8.34. The molecule has 0 saturated carbocycles. The number of hydrogen-bond donors (Lipinski definition) is 2. The van der Waals surface area contributed by atoms with Crippen molar-refractivity contribution in [1.29, 1.82) is 0 Å². The lowest BCUT2D eigenvalue weighted by molar-refractivity contribution is -0.148. The molecule has 0 aliphatic carbocycles. The van der Waals surface area contributed by atoms with Gasteiger partial charge >= 0.3 is 5.97 Å². The van der Waals surface area contributed by atoms with Gasteiger partial charge in [0, 0.05) is 12.6 Å². The van der Waals surface area contributed by atoms with Crippen molar-refractivity contribution < 1.29 is 23.1 Å². The molecule has 0 spiro atoms. The van der Waals surface area contributed by atoms with Crippen LogP contribution in [0.15, 0.2) is 34.2 Å².